The number of aliphatic carboxylic acids is 1. The molecule has 1 unspecified atom stereocenters. The van der Waals surface area contributed by atoms with Crippen LogP contribution in [0.3, 0.4) is 0 Å². The second-order valence-electron chi connectivity index (χ2n) is 5.05. The number of fused-ring (bicyclic) bond motifs is 1. The number of benzene rings is 1. The van der Waals surface area contributed by atoms with Gasteiger partial charge in [-0.25, -0.2) is 0 Å². The summed E-state index contributed by atoms with van der Waals surface area (Å²) in [6, 6.07) is 7.63. The molecule has 2 aromatic rings. The molecule has 0 amide bonds. The third-order valence-corrected chi connectivity index (χ3v) is 3.72. The summed E-state index contributed by atoms with van der Waals surface area (Å²) >= 11 is 0. The third-order valence-electron chi connectivity index (χ3n) is 3.72. The van der Waals surface area contributed by atoms with Gasteiger partial charge in [-0.1, -0.05) is 12.1 Å². The first-order chi connectivity index (χ1) is 10.2. The Kier molecular flexibility index (Phi) is 3.60. The Labute approximate surface area is 122 Å². The maximum absolute atomic E-state index is 11.2. The molecule has 1 N–H and O–H groups in total. The summed E-state index contributed by atoms with van der Waals surface area (Å²) < 4.78 is 7.53. The van der Waals surface area contributed by atoms with Gasteiger partial charge in [-0.15, -0.1) is 10.2 Å². The van der Waals surface area contributed by atoms with Gasteiger partial charge < -0.3 is 14.4 Å². The van der Waals surface area contributed by atoms with E-state index < -0.39 is 5.97 Å². The molecule has 1 aliphatic rings. The standard InChI is InChI=1S/C15H17N3O3/c1-2-21-12-6-4-3-5-11(12)14-17-16-13-8-7-10(15(19)20)9-18(13)14/h3-6,10H,2,7-9H2,1H3,(H,19,20). The number of hydrogen-bond donors (Lipinski definition) is 1. The number of nitrogens with zero attached hydrogens (tertiary/aromatic N) is 3. The minimum atomic E-state index is -0.765. The SMILES string of the molecule is CCOc1ccccc1-c1nnc2n1CC(C(=O)O)CC2. The van der Waals surface area contributed by atoms with Crippen LogP contribution in [0.5, 0.6) is 5.75 Å². The van der Waals surface area contributed by atoms with E-state index in [9.17, 15) is 9.90 Å². The number of carbonyl (C=O) groups is 1. The Morgan fingerprint density at radius 3 is 3.00 bits per heavy atom. The van der Waals surface area contributed by atoms with Crippen molar-refractivity contribution in [2.24, 2.45) is 5.92 Å². The number of ether oxygens (including phenoxy) is 1. The van der Waals surface area contributed by atoms with Gasteiger partial charge in [0.05, 0.1) is 18.1 Å². The van der Waals surface area contributed by atoms with Crippen molar-refractivity contribution < 1.29 is 14.6 Å². The quantitative estimate of drug-likeness (QED) is 0.930. The van der Waals surface area contributed by atoms with E-state index in [0.717, 1.165) is 17.1 Å². The van der Waals surface area contributed by atoms with E-state index in [-0.39, 0.29) is 5.92 Å². The second kappa shape index (κ2) is 5.55. The smallest absolute Gasteiger partial charge is 0.308 e. The van der Waals surface area contributed by atoms with Gasteiger partial charge in [-0.2, -0.15) is 0 Å². The summed E-state index contributed by atoms with van der Waals surface area (Å²) in [6.07, 6.45) is 1.25. The third kappa shape index (κ3) is 2.49. The summed E-state index contributed by atoms with van der Waals surface area (Å²) in [7, 11) is 0. The first-order valence-corrected chi connectivity index (χ1v) is 7.07. The van der Waals surface area contributed by atoms with Crippen molar-refractivity contribution in [3.63, 3.8) is 0 Å². The summed E-state index contributed by atoms with van der Waals surface area (Å²) in [5, 5.41) is 17.7. The topological polar surface area (TPSA) is 77.2 Å². The lowest BCUT2D eigenvalue weighted by Crippen LogP contribution is -2.27. The van der Waals surface area contributed by atoms with E-state index in [1.165, 1.54) is 0 Å². The van der Waals surface area contributed by atoms with Crippen molar-refractivity contribution in [3.8, 4) is 17.1 Å². The Balaban J connectivity index is 2.02. The second-order valence-corrected chi connectivity index (χ2v) is 5.05. The highest BCUT2D eigenvalue weighted by Gasteiger charge is 2.28. The molecular weight excluding hydrogens is 270 g/mol. The van der Waals surface area contributed by atoms with E-state index >= 15 is 0 Å². The first kappa shape index (κ1) is 13.6. The minimum Gasteiger partial charge on any atom is -0.493 e. The van der Waals surface area contributed by atoms with Gasteiger partial charge in [0.25, 0.3) is 0 Å². The summed E-state index contributed by atoms with van der Waals surface area (Å²) in [5.74, 6) is 1.12. The van der Waals surface area contributed by atoms with Crippen LogP contribution in [0.15, 0.2) is 24.3 Å². The van der Waals surface area contributed by atoms with Crippen LogP contribution in [0.4, 0.5) is 0 Å². The maximum Gasteiger partial charge on any atom is 0.308 e. The molecule has 1 aromatic heterocycles. The zero-order valence-corrected chi connectivity index (χ0v) is 11.8. The Morgan fingerprint density at radius 2 is 2.24 bits per heavy atom. The molecule has 0 aliphatic carbocycles. The molecule has 21 heavy (non-hydrogen) atoms. The highest BCUT2D eigenvalue weighted by Crippen LogP contribution is 2.31. The van der Waals surface area contributed by atoms with Crippen LogP contribution in [-0.4, -0.2) is 32.4 Å². The monoisotopic (exact) mass is 287 g/mol. The fourth-order valence-corrected chi connectivity index (χ4v) is 2.66. The number of para-hydroxylation sites is 1. The molecule has 0 saturated carbocycles. The van der Waals surface area contributed by atoms with Crippen LogP contribution in [0.2, 0.25) is 0 Å². The van der Waals surface area contributed by atoms with Gasteiger partial charge in [0, 0.05) is 13.0 Å². The molecule has 6 heteroatoms. The van der Waals surface area contributed by atoms with Crippen LogP contribution in [-0.2, 0) is 17.8 Å². The zero-order valence-electron chi connectivity index (χ0n) is 11.8. The Morgan fingerprint density at radius 1 is 1.43 bits per heavy atom. The van der Waals surface area contributed by atoms with Crippen molar-refractivity contribution in [2.45, 2.75) is 26.3 Å². The number of carboxylic acid groups (broad SMARTS) is 1. The van der Waals surface area contributed by atoms with E-state index in [4.69, 9.17) is 4.74 Å². The number of carboxylic acids is 1. The minimum absolute atomic E-state index is 0.383. The number of rotatable bonds is 4. The molecule has 3 rings (SSSR count). The van der Waals surface area contributed by atoms with Gasteiger partial charge in [-0.05, 0) is 25.5 Å². The molecule has 0 bridgehead atoms. The maximum atomic E-state index is 11.2. The largest absolute Gasteiger partial charge is 0.493 e. The fourth-order valence-electron chi connectivity index (χ4n) is 2.66. The molecule has 0 saturated heterocycles. The average Bonchev–Trinajstić information content (AvgIpc) is 2.91. The van der Waals surface area contributed by atoms with Crippen LogP contribution >= 0.6 is 0 Å². The molecule has 1 aliphatic heterocycles. The highest BCUT2D eigenvalue weighted by molar-refractivity contribution is 5.70. The van der Waals surface area contributed by atoms with Gasteiger partial charge in [-0.3, -0.25) is 4.79 Å². The molecule has 0 fully saturated rings. The number of aryl methyl sites for hydroxylation is 1. The van der Waals surface area contributed by atoms with Crippen LogP contribution in [0, 0.1) is 5.92 Å². The normalized spacial score (nSPS) is 17.3. The van der Waals surface area contributed by atoms with E-state index in [2.05, 4.69) is 10.2 Å². The molecule has 2 heterocycles. The highest BCUT2D eigenvalue weighted by atomic mass is 16.5. The molecule has 110 valence electrons. The van der Waals surface area contributed by atoms with E-state index in [1.54, 1.807) is 0 Å². The predicted molar refractivity (Wildman–Crippen MR) is 76.1 cm³/mol. The van der Waals surface area contributed by atoms with E-state index in [0.29, 0.717) is 31.8 Å². The fraction of sp³-hybridized carbons (Fsp3) is 0.400. The zero-order chi connectivity index (χ0) is 14.8. The van der Waals surface area contributed by atoms with Crippen molar-refractivity contribution >= 4 is 5.97 Å². The Hall–Kier alpha value is -2.37. The number of hydrogen-bond acceptors (Lipinski definition) is 4. The lowest BCUT2D eigenvalue weighted by molar-refractivity contribution is -0.142. The lowest BCUT2D eigenvalue weighted by atomic mass is 9.99. The summed E-state index contributed by atoms with van der Waals surface area (Å²) in [5.41, 5.74) is 0.851. The average molecular weight is 287 g/mol. The van der Waals surface area contributed by atoms with Crippen molar-refractivity contribution in [3.05, 3.63) is 30.1 Å². The molecule has 6 nitrogen and oxygen atoms in total. The molecule has 1 aromatic carbocycles. The van der Waals surface area contributed by atoms with Crippen LogP contribution in [0.1, 0.15) is 19.2 Å². The number of aromatic nitrogens is 3. The van der Waals surface area contributed by atoms with Gasteiger partial charge in [0.2, 0.25) is 0 Å². The van der Waals surface area contributed by atoms with E-state index in [1.807, 2.05) is 35.8 Å². The van der Waals surface area contributed by atoms with Crippen LogP contribution < -0.4 is 4.74 Å². The van der Waals surface area contributed by atoms with Crippen molar-refractivity contribution in [1.29, 1.82) is 0 Å². The summed E-state index contributed by atoms with van der Waals surface area (Å²) in [6.45, 7) is 2.90. The first-order valence-electron chi connectivity index (χ1n) is 7.07. The van der Waals surface area contributed by atoms with Gasteiger partial charge >= 0.3 is 5.97 Å². The molecular formula is C15H17N3O3. The molecule has 0 radical (unpaired) electrons. The summed E-state index contributed by atoms with van der Waals surface area (Å²) in [4.78, 5) is 11.2. The van der Waals surface area contributed by atoms with Gasteiger partial charge in [0.15, 0.2) is 5.82 Å². The lowest BCUT2D eigenvalue weighted by Gasteiger charge is -2.21. The van der Waals surface area contributed by atoms with Crippen molar-refractivity contribution in [1.82, 2.24) is 14.8 Å². The van der Waals surface area contributed by atoms with Crippen LogP contribution in [0.25, 0.3) is 11.4 Å². The van der Waals surface area contributed by atoms with Gasteiger partial charge in [0.1, 0.15) is 11.6 Å². The van der Waals surface area contributed by atoms with Crippen molar-refractivity contribution in [2.75, 3.05) is 6.61 Å². The predicted octanol–water partition coefficient (Wildman–Crippen LogP) is 1.99. The Bertz CT molecular complexity index is 666. The molecule has 0 spiro atoms. The molecule has 1 atom stereocenters.